The third kappa shape index (κ3) is 1.34. The van der Waals surface area contributed by atoms with Gasteiger partial charge >= 0.3 is 6.16 Å². The molecule has 4 unspecified atom stereocenters. The summed E-state index contributed by atoms with van der Waals surface area (Å²) in [7, 11) is 0. The zero-order chi connectivity index (χ0) is 8.77. The van der Waals surface area contributed by atoms with Crippen molar-refractivity contribution in [2.45, 2.75) is 37.8 Å². The average Bonchev–Trinajstić information content (AvgIpc) is 2.42. The SMILES string of the molecule is CC1COC2(O1)OC(C)C(Cl)O2. The lowest BCUT2D eigenvalue weighted by Gasteiger charge is -2.18. The van der Waals surface area contributed by atoms with Gasteiger partial charge in [0.05, 0.1) is 12.7 Å². The van der Waals surface area contributed by atoms with Gasteiger partial charge in [0, 0.05) is 0 Å². The van der Waals surface area contributed by atoms with Crippen molar-refractivity contribution in [3.05, 3.63) is 0 Å². The monoisotopic (exact) mass is 194 g/mol. The van der Waals surface area contributed by atoms with E-state index in [1.807, 2.05) is 13.8 Å². The highest BCUT2D eigenvalue weighted by Gasteiger charge is 2.53. The maximum absolute atomic E-state index is 5.77. The van der Waals surface area contributed by atoms with Crippen LogP contribution >= 0.6 is 11.6 Å². The van der Waals surface area contributed by atoms with E-state index in [2.05, 4.69) is 0 Å². The van der Waals surface area contributed by atoms with E-state index in [9.17, 15) is 0 Å². The minimum Gasteiger partial charge on any atom is -0.300 e. The lowest BCUT2D eigenvalue weighted by molar-refractivity contribution is -0.431. The van der Waals surface area contributed by atoms with E-state index in [4.69, 9.17) is 30.5 Å². The summed E-state index contributed by atoms with van der Waals surface area (Å²) in [5.41, 5.74) is -0.504. The molecule has 0 aliphatic carbocycles. The molecule has 0 aromatic rings. The number of rotatable bonds is 0. The van der Waals surface area contributed by atoms with Crippen molar-refractivity contribution in [1.29, 1.82) is 0 Å². The highest BCUT2D eigenvalue weighted by molar-refractivity contribution is 6.20. The summed E-state index contributed by atoms with van der Waals surface area (Å²) >= 11 is 5.77. The molecular weight excluding hydrogens is 184 g/mol. The van der Waals surface area contributed by atoms with Gasteiger partial charge < -0.3 is 4.74 Å². The van der Waals surface area contributed by atoms with Crippen LogP contribution in [-0.4, -0.2) is 30.5 Å². The highest BCUT2D eigenvalue weighted by atomic mass is 35.5. The van der Waals surface area contributed by atoms with Crippen molar-refractivity contribution in [1.82, 2.24) is 0 Å². The minimum atomic E-state index is -1.33. The van der Waals surface area contributed by atoms with Crippen molar-refractivity contribution in [3.8, 4) is 0 Å². The summed E-state index contributed by atoms with van der Waals surface area (Å²) in [6.45, 7) is 4.16. The van der Waals surface area contributed by atoms with E-state index in [1.165, 1.54) is 0 Å². The fraction of sp³-hybridized carbons (Fsp3) is 1.00. The summed E-state index contributed by atoms with van der Waals surface area (Å²) < 4.78 is 21.0. The van der Waals surface area contributed by atoms with Crippen molar-refractivity contribution in [2.24, 2.45) is 0 Å². The Bertz CT molecular complexity index is 176. The van der Waals surface area contributed by atoms with Gasteiger partial charge in [0.25, 0.3) is 0 Å². The Morgan fingerprint density at radius 2 is 2.00 bits per heavy atom. The first-order chi connectivity index (χ1) is 5.61. The fourth-order valence-electron chi connectivity index (χ4n) is 1.20. The first-order valence-corrected chi connectivity index (χ1v) is 4.36. The van der Waals surface area contributed by atoms with E-state index in [0.29, 0.717) is 6.61 Å². The fourth-order valence-corrected chi connectivity index (χ4v) is 1.36. The van der Waals surface area contributed by atoms with Gasteiger partial charge in [-0.05, 0) is 13.8 Å². The van der Waals surface area contributed by atoms with Crippen molar-refractivity contribution in [2.75, 3.05) is 6.61 Å². The van der Waals surface area contributed by atoms with Crippen LogP contribution in [0.3, 0.4) is 0 Å². The molecule has 0 bridgehead atoms. The molecule has 5 heteroatoms. The van der Waals surface area contributed by atoms with Crippen LogP contribution in [0.25, 0.3) is 0 Å². The predicted molar refractivity (Wildman–Crippen MR) is 40.5 cm³/mol. The Morgan fingerprint density at radius 1 is 1.25 bits per heavy atom. The summed E-state index contributed by atoms with van der Waals surface area (Å²) in [6.07, 6.45) is -1.55. The van der Waals surface area contributed by atoms with Crippen LogP contribution in [-0.2, 0) is 18.9 Å². The van der Waals surface area contributed by atoms with Crippen molar-refractivity contribution in [3.63, 3.8) is 0 Å². The van der Waals surface area contributed by atoms with Gasteiger partial charge in [-0.25, -0.2) is 0 Å². The maximum atomic E-state index is 5.77. The molecule has 1 spiro atoms. The van der Waals surface area contributed by atoms with Crippen LogP contribution in [0.2, 0.25) is 0 Å². The number of halogens is 1. The molecule has 4 nitrogen and oxygen atoms in total. The number of alkyl halides is 1. The van der Waals surface area contributed by atoms with E-state index in [-0.39, 0.29) is 12.2 Å². The quantitative estimate of drug-likeness (QED) is 0.540. The Morgan fingerprint density at radius 3 is 2.42 bits per heavy atom. The van der Waals surface area contributed by atoms with Crippen LogP contribution in [0.4, 0.5) is 0 Å². The first-order valence-electron chi connectivity index (χ1n) is 3.93. The second-order valence-corrected chi connectivity index (χ2v) is 3.46. The van der Waals surface area contributed by atoms with Crippen LogP contribution in [0, 0.1) is 0 Å². The molecule has 0 saturated carbocycles. The van der Waals surface area contributed by atoms with Crippen molar-refractivity contribution < 1.29 is 18.9 Å². The summed E-state index contributed by atoms with van der Waals surface area (Å²) in [5, 5.41) is 0. The van der Waals surface area contributed by atoms with Gasteiger partial charge in [-0.3, -0.25) is 14.2 Å². The van der Waals surface area contributed by atoms with Gasteiger partial charge in [0.2, 0.25) is 0 Å². The van der Waals surface area contributed by atoms with Crippen LogP contribution < -0.4 is 0 Å². The molecule has 2 fully saturated rings. The molecule has 0 aromatic carbocycles. The predicted octanol–water partition coefficient (Wildman–Crippen LogP) is 1.03. The largest absolute Gasteiger partial charge is 0.415 e. The smallest absolute Gasteiger partial charge is 0.300 e. The molecule has 2 aliphatic heterocycles. The standard InChI is InChI=1S/C7H11ClO4/c1-4-3-9-7(10-4)11-5(2)6(8)12-7/h4-6H,3H2,1-2H3. The van der Waals surface area contributed by atoms with Gasteiger partial charge in [-0.15, -0.1) is 0 Å². The molecule has 0 N–H and O–H groups in total. The number of hydrogen-bond donors (Lipinski definition) is 0. The van der Waals surface area contributed by atoms with Crippen LogP contribution in [0.5, 0.6) is 0 Å². The molecule has 0 radical (unpaired) electrons. The molecule has 12 heavy (non-hydrogen) atoms. The zero-order valence-corrected chi connectivity index (χ0v) is 7.71. The van der Waals surface area contributed by atoms with Crippen molar-refractivity contribution >= 4 is 11.6 Å². The lowest BCUT2D eigenvalue weighted by Crippen LogP contribution is -2.32. The molecule has 2 saturated heterocycles. The van der Waals surface area contributed by atoms with E-state index in [0.717, 1.165) is 0 Å². The van der Waals surface area contributed by atoms with Gasteiger partial charge in [0.1, 0.15) is 6.10 Å². The minimum absolute atomic E-state index is 0.0147. The topological polar surface area (TPSA) is 36.9 Å². The van der Waals surface area contributed by atoms with Crippen LogP contribution in [0.1, 0.15) is 13.8 Å². The second-order valence-electron chi connectivity index (χ2n) is 3.03. The van der Waals surface area contributed by atoms with E-state index < -0.39 is 11.7 Å². The Labute approximate surface area is 75.7 Å². The maximum Gasteiger partial charge on any atom is 0.415 e. The Balaban J connectivity index is 2.05. The molecule has 0 amide bonds. The van der Waals surface area contributed by atoms with Gasteiger partial charge in [0.15, 0.2) is 5.56 Å². The number of hydrogen-bond acceptors (Lipinski definition) is 4. The normalized spacial score (nSPS) is 53.8. The Kier molecular flexibility index (Phi) is 2.05. The zero-order valence-electron chi connectivity index (χ0n) is 6.95. The summed E-state index contributed by atoms with van der Waals surface area (Å²) in [6, 6.07) is 0. The summed E-state index contributed by atoms with van der Waals surface area (Å²) in [5.74, 6) is 0. The first kappa shape index (κ1) is 8.72. The molecule has 70 valence electrons. The third-order valence-corrected chi connectivity index (χ3v) is 2.24. The third-order valence-electron chi connectivity index (χ3n) is 1.80. The van der Waals surface area contributed by atoms with E-state index >= 15 is 0 Å². The highest BCUT2D eigenvalue weighted by Crippen LogP contribution is 2.37. The molecular formula is C7H11ClO4. The Hall–Kier alpha value is 0.130. The second kappa shape index (κ2) is 2.82. The molecule has 2 rings (SSSR count). The van der Waals surface area contributed by atoms with Gasteiger partial charge in [-0.1, -0.05) is 11.6 Å². The molecule has 2 aliphatic rings. The molecule has 4 atom stereocenters. The number of ether oxygens (including phenoxy) is 4. The van der Waals surface area contributed by atoms with Crippen LogP contribution in [0.15, 0.2) is 0 Å². The average molecular weight is 195 g/mol. The lowest BCUT2D eigenvalue weighted by atomic mass is 10.4. The van der Waals surface area contributed by atoms with E-state index in [1.54, 1.807) is 0 Å². The molecule has 2 heterocycles. The summed E-state index contributed by atoms with van der Waals surface area (Å²) in [4.78, 5) is 0. The van der Waals surface area contributed by atoms with Gasteiger partial charge in [-0.2, -0.15) is 0 Å². The molecule has 0 aromatic heterocycles.